The van der Waals surface area contributed by atoms with Gasteiger partial charge in [0.15, 0.2) is 5.16 Å². The molecule has 7 nitrogen and oxygen atoms in total. The Morgan fingerprint density at radius 1 is 1.26 bits per heavy atom. The van der Waals surface area contributed by atoms with Crippen molar-refractivity contribution in [3.8, 4) is 0 Å². The molecule has 0 saturated carbocycles. The van der Waals surface area contributed by atoms with Gasteiger partial charge >= 0.3 is 0 Å². The summed E-state index contributed by atoms with van der Waals surface area (Å²) in [7, 11) is 5.49. The van der Waals surface area contributed by atoms with Crippen LogP contribution >= 0.6 is 23.4 Å². The van der Waals surface area contributed by atoms with Gasteiger partial charge in [0.2, 0.25) is 5.91 Å². The average molecular weight is 461 g/mol. The Bertz CT molecular complexity index is 1130. The summed E-state index contributed by atoms with van der Waals surface area (Å²) in [4.78, 5) is 32.4. The summed E-state index contributed by atoms with van der Waals surface area (Å²) in [6, 6.07) is 12.6. The second-order valence-electron chi connectivity index (χ2n) is 7.20. The first-order valence-electron chi connectivity index (χ1n) is 9.74. The van der Waals surface area contributed by atoms with Crippen molar-refractivity contribution in [2.45, 2.75) is 23.9 Å². The van der Waals surface area contributed by atoms with Gasteiger partial charge in [0.05, 0.1) is 29.3 Å². The van der Waals surface area contributed by atoms with Crippen molar-refractivity contribution in [2.24, 2.45) is 0 Å². The molecule has 9 heteroatoms. The van der Waals surface area contributed by atoms with Gasteiger partial charge in [-0.15, -0.1) is 0 Å². The smallest absolute Gasteiger partial charge is 0.262 e. The Labute approximate surface area is 190 Å². The van der Waals surface area contributed by atoms with Crippen molar-refractivity contribution in [1.82, 2.24) is 9.55 Å². The van der Waals surface area contributed by atoms with Crippen LogP contribution in [0.2, 0.25) is 5.02 Å². The lowest BCUT2D eigenvalue weighted by Gasteiger charge is -2.17. The van der Waals surface area contributed by atoms with Gasteiger partial charge in [0.1, 0.15) is 0 Å². The highest BCUT2D eigenvalue weighted by Crippen LogP contribution is 2.25. The Hall–Kier alpha value is -2.55. The molecule has 1 amide bonds. The number of fused-ring (bicyclic) bond motifs is 1. The van der Waals surface area contributed by atoms with E-state index in [4.69, 9.17) is 16.3 Å². The van der Waals surface area contributed by atoms with E-state index in [-0.39, 0.29) is 11.5 Å². The number of carbonyl (C=O) groups is 1. The number of ether oxygens (including phenoxy) is 1. The largest absolute Gasteiger partial charge is 0.383 e. The monoisotopic (exact) mass is 460 g/mol. The first-order valence-corrected chi connectivity index (χ1v) is 11.0. The first-order chi connectivity index (χ1) is 14.8. The van der Waals surface area contributed by atoms with Gasteiger partial charge in [0, 0.05) is 37.6 Å². The number of amides is 1. The lowest BCUT2D eigenvalue weighted by Crippen LogP contribution is -2.28. The standard InChI is InChI=1S/C22H25ClN4O3S/c1-14(20(28)24-16-6-8-17(9-7-16)26(2)3)31-22-25-19-13-15(23)5-10-18(19)21(29)27(22)11-12-30-4/h5-10,13-14H,11-12H2,1-4H3,(H,24,28). The summed E-state index contributed by atoms with van der Waals surface area (Å²) in [5.41, 5.74) is 2.06. The van der Waals surface area contributed by atoms with Crippen LogP contribution in [0.3, 0.4) is 0 Å². The molecule has 1 aromatic heterocycles. The van der Waals surface area contributed by atoms with Crippen molar-refractivity contribution in [2.75, 3.05) is 38.0 Å². The van der Waals surface area contributed by atoms with Crippen LogP contribution < -0.4 is 15.8 Å². The predicted molar refractivity (Wildman–Crippen MR) is 128 cm³/mol. The number of halogens is 1. The lowest BCUT2D eigenvalue weighted by atomic mass is 10.2. The topological polar surface area (TPSA) is 76.5 Å². The summed E-state index contributed by atoms with van der Waals surface area (Å²) in [6.07, 6.45) is 0. The quantitative estimate of drug-likeness (QED) is 0.406. The van der Waals surface area contributed by atoms with Gasteiger partial charge in [-0.25, -0.2) is 4.98 Å². The SMILES string of the molecule is COCCn1c(SC(C)C(=O)Nc2ccc(N(C)C)cc2)nc2cc(Cl)ccc2c1=O. The van der Waals surface area contributed by atoms with Crippen LogP contribution in [0, 0.1) is 0 Å². The first kappa shape index (κ1) is 23.1. The minimum absolute atomic E-state index is 0.179. The molecule has 1 N–H and O–H groups in total. The van der Waals surface area contributed by atoms with E-state index in [0.717, 1.165) is 5.69 Å². The molecule has 0 spiro atoms. The summed E-state index contributed by atoms with van der Waals surface area (Å²) >= 11 is 7.30. The van der Waals surface area contributed by atoms with E-state index < -0.39 is 5.25 Å². The molecular formula is C22H25ClN4O3S. The zero-order valence-corrected chi connectivity index (χ0v) is 19.5. The molecule has 0 fully saturated rings. The maximum atomic E-state index is 13.0. The highest BCUT2D eigenvalue weighted by Gasteiger charge is 2.20. The second-order valence-corrected chi connectivity index (χ2v) is 8.94. The molecule has 0 saturated heterocycles. The summed E-state index contributed by atoms with van der Waals surface area (Å²) in [5, 5.41) is 3.85. The number of nitrogens with zero attached hydrogens (tertiary/aromatic N) is 3. The zero-order valence-electron chi connectivity index (χ0n) is 17.9. The average Bonchev–Trinajstić information content (AvgIpc) is 2.73. The Morgan fingerprint density at radius 2 is 1.97 bits per heavy atom. The van der Waals surface area contributed by atoms with Gasteiger partial charge in [-0.2, -0.15) is 0 Å². The zero-order chi connectivity index (χ0) is 22.5. The molecule has 1 unspecified atom stereocenters. The molecule has 1 heterocycles. The molecule has 0 aliphatic carbocycles. The fourth-order valence-electron chi connectivity index (χ4n) is 2.94. The number of anilines is 2. The van der Waals surface area contributed by atoms with Crippen LogP contribution in [0.4, 0.5) is 11.4 Å². The number of methoxy groups -OCH3 is 1. The molecular weight excluding hydrogens is 436 g/mol. The minimum atomic E-state index is -0.481. The van der Waals surface area contributed by atoms with E-state index in [1.165, 1.54) is 11.8 Å². The molecule has 164 valence electrons. The minimum Gasteiger partial charge on any atom is -0.383 e. The van der Waals surface area contributed by atoms with Crippen LogP contribution in [-0.4, -0.2) is 48.5 Å². The number of hydrogen-bond donors (Lipinski definition) is 1. The third-order valence-electron chi connectivity index (χ3n) is 4.70. The fourth-order valence-corrected chi connectivity index (χ4v) is 4.04. The predicted octanol–water partition coefficient (Wildman–Crippen LogP) is 3.88. The lowest BCUT2D eigenvalue weighted by molar-refractivity contribution is -0.115. The second kappa shape index (κ2) is 10.2. The van der Waals surface area contributed by atoms with Crippen molar-refractivity contribution in [3.05, 3.63) is 57.8 Å². The maximum absolute atomic E-state index is 13.0. The van der Waals surface area contributed by atoms with Crippen LogP contribution in [0.15, 0.2) is 52.4 Å². The maximum Gasteiger partial charge on any atom is 0.262 e. The molecule has 0 bridgehead atoms. The molecule has 3 rings (SSSR count). The van der Waals surface area contributed by atoms with Crippen LogP contribution in [0.25, 0.3) is 10.9 Å². The van der Waals surface area contributed by atoms with E-state index >= 15 is 0 Å². The fraction of sp³-hybridized carbons (Fsp3) is 0.318. The Balaban J connectivity index is 1.84. The third-order valence-corrected chi connectivity index (χ3v) is 6.03. The van der Waals surface area contributed by atoms with Gasteiger partial charge in [-0.3, -0.25) is 14.2 Å². The molecule has 31 heavy (non-hydrogen) atoms. The summed E-state index contributed by atoms with van der Waals surface area (Å²) in [6.45, 7) is 2.47. The van der Waals surface area contributed by atoms with Gasteiger partial charge in [0.25, 0.3) is 5.56 Å². The number of thioether (sulfide) groups is 1. The van der Waals surface area contributed by atoms with E-state index in [0.29, 0.717) is 39.9 Å². The van der Waals surface area contributed by atoms with E-state index in [9.17, 15) is 9.59 Å². The van der Waals surface area contributed by atoms with E-state index in [1.54, 1.807) is 36.8 Å². The Morgan fingerprint density at radius 3 is 2.61 bits per heavy atom. The van der Waals surface area contributed by atoms with Gasteiger partial charge in [-0.05, 0) is 49.4 Å². The van der Waals surface area contributed by atoms with Crippen LogP contribution in [0.1, 0.15) is 6.92 Å². The number of hydrogen-bond acceptors (Lipinski definition) is 6. The number of nitrogens with one attached hydrogen (secondary N) is 1. The number of benzene rings is 2. The number of aromatic nitrogens is 2. The highest BCUT2D eigenvalue weighted by molar-refractivity contribution is 8.00. The van der Waals surface area contributed by atoms with Crippen LogP contribution in [-0.2, 0) is 16.1 Å². The Kier molecular flexibility index (Phi) is 7.59. The summed E-state index contributed by atoms with van der Waals surface area (Å²) in [5.74, 6) is -0.179. The molecule has 0 aliphatic heterocycles. The third kappa shape index (κ3) is 5.58. The van der Waals surface area contributed by atoms with E-state index in [1.807, 2.05) is 43.3 Å². The molecule has 1 atom stereocenters. The van der Waals surface area contributed by atoms with Crippen molar-refractivity contribution in [3.63, 3.8) is 0 Å². The van der Waals surface area contributed by atoms with Crippen LogP contribution in [0.5, 0.6) is 0 Å². The molecule has 0 radical (unpaired) electrons. The molecule has 2 aromatic carbocycles. The molecule has 0 aliphatic rings. The summed E-state index contributed by atoms with van der Waals surface area (Å²) < 4.78 is 6.69. The highest BCUT2D eigenvalue weighted by atomic mass is 35.5. The van der Waals surface area contributed by atoms with Gasteiger partial charge in [-0.1, -0.05) is 23.4 Å². The molecule has 3 aromatic rings. The van der Waals surface area contributed by atoms with E-state index in [2.05, 4.69) is 10.3 Å². The van der Waals surface area contributed by atoms with Crippen molar-refractivity contribution in [1.29, 1.82) is 0 Å². The number of rotatable bonds is 8. The van der Waals surface area contributed by atoms with Crippen molar-refractivity contribution < 1.29 is 9.53 Å². The number of carbonyl (C=O) groups excluding carboxylic acids is 1. The van der Waals surface area contributed by atoms with Crippen molar-refractivity contribution >= 4 is 51.5 Å². The normalized spacial score (nSPS) is 12.0. The van der Waals surface area contributed by atoms with Gasteiger partial charge < -0.3 is 15.0 Å².